The van der Waals surface area contributed by atoms with Gasteiger partial charge in [0.25, 0.3) is 0 Å². The maximum atomic E-state index is 13.9. The molecule has 3 rings (SSSR count). The Morgan fingerprint density at radius 1 is 0.594 bits per heavy atom. The summed E-state index contributed by atoms with van der Waals surface area (Å²) in [4.78, 5) is 27.6. The summed E-state index contributed by atoms with van der Waals surface area (Å²) in [5.41, 5.74) is 3.63. The Balaban J connectivity index is 2.12. The fourth-order valence-corrected chi connectivity index (χ4v) is 4.24. The van der Waals surface area contributed by atoms with E-state index in [-0.39, 0.29) is 11.6 Å². The van der Waals surface area contributed by atoms with Crippen LogP contribution in [0.2, 0.25) is 5.02 Å². The topological polar surface area (TPSA) is 70.2 Å². The molecule has 0 aromatic heterocycles. The highest BCUT2D eigenvalue weighted by atomic mass is 35.5. The Hall–Kier alpha value is -2.53. The first-order valence-corrected chi connectivity index (χ1v) is 12.2. The zero-order chi connectivity index (χ0) is 23.1. The molecule has 2 aromatic carbocycles. The number of anilines is 3. The molecule has 0 saturated carbocycles. The third-order valence-corrected chi connectivity index (χ3v) is 6.12. The number of halogens is 1. The van der Waals surface area contributed by atoms with Gasteiger partial charge in [0, 0.05) is 36.7 Å². The normalized spacial score (nSPS) is 12.4. The van der Waals surface area contributed by atoms with Crippen molar-refractivity contribution in [1.82, 2.24) is 0 Å². The van der Waals surface area contributed by atoms with E-state index < -0.39 is 0 Å². The van der Waals surface area contributed by atoms with Crippen LogP contribution in [-0.4, -0.2) is 31.2 Å². The van der Waals surface area contributed by atoms with Crippen molar-refractivity contribution in [1.29, 1.82) is 0 Å². The second kappa shape index (κ2) is 11.4. The molecule has 32 heavy (non-hydrogen) atoms. The van der Waals surface area contributed by atoms with E-state index in [1.54, 1.807) is 12.1 Å². The van der Waals surface area contributed by atoms with Crippen LogP contribution in [0.3, 0.4) is 0 Å². The molecule has 1 aliphatic carbocycles. The molecule has 172 valence electrons. The Labute approximate surface area is 196 Å². The standard InChI is InChI=1S/C26H34ClN3O2/c1-4-7-14-28-18-11-10-17(27)21-22(18)26(32)24-20(30-16-9-6-3)13-12-19(23(24)25(21)31)29-15-8-5-2/h10-13,28-30H,4-9,14-16H2,1-3H3. The number of rotatable bonds is 12. The molecule has 0 spiro atoms. The van der Waals surface area contributed by atoms with E-state index in [1.165, 1.54) is 0 Å². The van der Waals surface area contributed by atoms with Crippen molar-refractivity contribution in [3.05, 3.63) is 51.5 Å². The third kappa shape index (κ3) is 4.93. The summed E-state index contributed by atoms with van der Waals surface area (Å²) < 4.78 is 0. The van der Waals surface area contributed by atoms with Crippen LogP contribution in [0.15, 0.2) is 24.3 Å². The third-order valence-electron chi connectivity index (χ3n) is 5.81. The SMILES string of the molecule is CCCCNc1ccc(Cl)c2c1C(=O)c1c(NCCCC)ccc(NCCCC)c1C2=O. The highest BCUT2D eigenvalue weighted by Gasteiger charge is 2.37. The summed E-state index contributed by atoms with van der Waals surface area (Å²) in [5, 5.41) is 10.4. The van der Waals surface area contributed by atoms with E-state index in [0.29, 0.717) is 44.3 Å². The van der Waals surface area contributed by atoms with Crippen LogP contribution in [0.1, 0.15) is 91.1 Å². The second-order valence-corrected chi connectivity index (χ2v) is 8.66. The van der Waals surface area contributed by atoms with E-state index in [9.17, 15) is 9.59 Å². The number of hydrogen-bond acceptors (Lipinski definition) is 5. The van der Waals surface area contributed by atoms with Crippen LogP contribution >= 0.6 is 11.6 Å². The van der Waals surface area contributed by atoms with Gasteiger partial charge in [-0.1, -0.05) is 51.6 Å². The average molecular weight is 456 g/mol. The first-order valence-electron chi connectivity index (χ1n) is 11.9. The van der Waals surface area contributed by atoms with E-state index in [2.05, 4.69) is 36.7 Å². The predicted molar refractivity (Wildman–Crippen MR) is 135 cm³/mol. The molecular formula is C26H34ClN3O2. The summed E-state index contributed by atoms with van der Waals surface area (Å²) in [5.74, 6) is -0.355. The minimum Gasteiger partial charge on any atom is -0.384 e. The quantitative estimate of drug-likeness (QED) is 0.263. The number of fused-ring (bicyclic) bond motifs is 2. The lowest BCUT2D eigenvalue weighted by Gasteiger charge is -2.26. The summed E-state index contributed by atoms with van der Waals surface area (Å²) >= 11 is 6.49. The fourth-order valence-electron chi connectivity index (χ4n) is 4.00. The number of nitrogens with one attached hydrogen (secondary N) is 3. The molecule has 6 heteroatoms. The van der Waals surface area contributed by atoms with Gasteiger partial charge in [-0.2, -0.15) is 0 Å². The molecule has 0 atom stereocenters. The Morgan fingerprint density at radius 2 is 0.938 bits per heavy atom. The largest absolute Gasteiger partial charge is 0.384 e. The Kier molecular flexibility index (Phi) is 8.57. The molecule has 0 unspecified atom stereocenters. The van der Waals surface area contributed by atoms with Crippen LogP contribution < -0.4 is 16.0 Å². The maximum Gasteiger partial charge on any atom is 0.198 e. The molecule has 0 saturated heterocycles. The summed E-state index contributed by atoms with van der Waals surface area (Å²) in [6.07, 6.45) is 6.07. The molecule has 0 bridgehead atoms. The van der Waals surface area contributed by atoms with Crippen LogP contribution in [0.4, 0.5) is 17.1 Å². The lowest BCUT2D eigenvalue weighted by Crippen LogP contribution is -2.26. The van der Waals surface area contributed by atoms with Gasteiger partial charge in [-0.3, -0.25) is 9.59 Å². The molecule has 1 aliphatic rings. The van der Waals surface area contributed by atoms with Crippen molar-refractivity contribution >= 4 is 40.2 Å². The monoisotopic (exact) mass is 455 g/mol. The molecule has 0 radical (unpaired) electrons. The number of unbranched alkanes of at least 4 members (excludes halogenated alkanes) is 3. The van der Waals surface area contributed by atoms with Gasteiger partial charge in [-0.15, -0.1) is 0 Å². The van der Waals surface area contributed by atoms with Crippen LogP contribution in [0, 0.1) is 0 Å². The maximum absolute atomic E-state index is 13.9. The highest BCUT2D eigenvalue weighted by molar-refractivity contribution is 6.41. The summed E-state index contributed by atoms with van der Waals surface area (Å²) in [6, 6.07) is 7.32. The van der Waals surface area contributed by atoms with E-state index in [1.807, 2.05) is 12.1 Å². The number of ketones is 2. The van der Waals surface area contributed by atoms with Crippen molar-refractivity contribution in [2.45, 2.75) is 59.3 Å². The second-order valence-electron chi connectivity index (χ2n) is 8.25. The van der Waals surface area contributed by atoms with Gasteiger partial charge in [0.2, 0.25) is 0 Å². The molecule has 3 N–H and O–H groups in total. The van der Waals surface area contributed by atoms with Crippen molar-refractivity contribution < 1.29 is 9.59 Å². The first kappa shape index (κ1) is 24.1. The lowest BCUT2D eigenvalue weighted by molar-refractivity contribution is 0.0981. The van der Waals surface area contributed by atoms with Crippen molar-refractivity contribution in [2.75, 3.05) is 35.6 Å². The number of benzene rings is 2. The van der Waals surface area contributed by atoms with Gasteiger partial charge in [0.15, 0.2) is 11.6 Å². The number of carbonyl (C=O) groups is 2. The van der Waals surface area contributed by atoms with E-state index in [4.69, 9.17) is 11.6 Å². The zero-order valence-corrected chi connectivity index (χ0v) is 20.1. The molecule has 2 aromatic rings. The Morgan fingerprint density at radius 3 is 1.34 bits per heavy atom. The molecule has 5 nitrogen and oxygen atoms in total. The van der Waals surface area contributed by atoms with Gasteiger partial charge < -0.3 is 16.0 Å². The van der Waals surface area contributed by atoms with Crippen molar-refractivity contribution in [3.63, 3.8) is 0 Å². The first-order chi connectivity index (χ1) is 15.5. The van der Waals surface area contributed by atoms with Crippen molar-refractivity contribution in [2.24, 2.45) is 0 Å². The highest BCUT2D eigenvalue weighted by Crippen LogP contribution is 2.41. The predicted octanol–water partition coefficient (Wildman–Crippen LogP) is 6.75. The molecule has 0 amide bonds. The number of hydrogen-bond donors (Lipinski definition) is 3. The van der Waals surface area contributed by atoms with Crippen LogP contribution in [0.25, 0.3) is 0 Å². The minimum atomic E-state index is -0.197. The summed E-state index contributed by atoms with van der Waals surface area (Å²) in [7, 11) is 0. The minimum absolute atomic E-state index is 0.158. The lowest BCUT2D eigenvalue weighted by atomic mass is 9.81. The molecule has 0 heterocycles. The fraction of sp³-hybridized carbons (Fsp3) is 0.462. The van der Waals surface area contributed by atoms with E-state index >= 15 is 0 Å². The number of carbonyl (C=O) groups excluding carboxylic acids is 2. The molecule has 0 fully saturated rings. The smallest absolute Gasteiger partial charge is 0.198 e. The van der Waals surface area contributed by atoms with Gasteiger partial charge in [0.05, 0.1) is 27.3 Å². The van der Waals surface area contributed by atoms with Gasteiger partial charge in [-0.05, 0) is 43.5 Å². The average Bonchev–Trinajstić information content (AvgIpc) is 2.79. The van der Waals surface area contributed by atoms with Gasteiger partial charge >= 0.3 is 0 Å². The molecular weight excluding hydrogens is 422 g/mol. The van der Waals surface area contributed by atoms with Gasteiger partial charge in [0.1, 0.15) is 0 Å². The van der Waals surface area contributed by atoms with Crippen LogP contribution in [-0.2, 0) is 0 Å². The zero-order valence-electron chi connectivity index (χ0n) is 19.4. The summed E-state index contributed by atoms with van der Waals surface area (Å²) in [6.45, 7) is 8.59. The Bertz CT molecular complexity index is 988. The van der Waals surface area contributed by atoms with Crippen molar-refractivity contribution in [3.8, 4) is 0 Å². The van der Waals surface area contributed by atoms with Gasteiger partial charge in [-0.25, -0.2) is 0 Å². The molecule has 0 aliphatic heterocycles. The van der Waals surface area contributed by atoms with E-state index in [0.717, 1.165) is 58.2 Å². The van der Waals surface area contributed by atoms with Crippen LogP contribution in [0.5, 0.6) is 0 Å².